The first-order valence-electron chi connectivity index (χ1n) is 4.43. The van der Waals surface area contributed by atoms with Crippen LogP contribution in [-0.2, 0) is 4.79 Å². The summed E-state index contributed by atoms with van der Waals surface area (Å²) >= 11 is 0. The third-order valence-electron chi connectivity index (χ3n) is 2.47. The molecule has 1 aliphatic heterocycles. The molecular weight excluding hydrogens is 164 g/mol. The maximum absolute atomic E-state index is 11.4. The lowest BCUT2D eigenvalue weighted by Gasteiger charge is -2.07. The number of carbonyl (C=O) groups excluding carboxylic acids is 1. The highest BCUT2D eigenvalue weighted by Gasteiger charge is 2.30. The van der Waals surface area contributed by atoms with Gasteiger partial charge >= 0.3 is 0 Å². The number of nitrogen functional groups attached to an aromatic ring is 1. The highest BCUT2D eigenvalue weighted by molar-refractivity contribution is 6.04. The predicted molar refractivity (Wildman–Crippen MR) is 52.5 cm³/mol. The van der Waals surface area contributed by atoms with Gasteiger partial charge in [-0.1, -0.05) is 13.0 Å². The summed E-state index contributed by atoms with van der Waals surface area (Å²) in [4.78, 5) is 11.4. The molecule has 0 aromatic heterocycles. The molecule has 1 aromatic carbocycles. The van der Waals surface area contributed by atoms with Crippen molar-refractivity contribution in [3.63, 3.8) is 0 Å². The average molecular weight is 176 g/mol. The summed E-state index contributed by atoms with van der Waals surface area (Å²) < 4.78 is 0. The van der Waals surface area contributed by atoms with Crippen LogP contribution in [0.15, 0.2) is 18.2 Å². The quantitative estimate of drug-likeness (QED) is 0.640. The number of hydrogen-bond donors (Lipinski definition) is 2. The Balaban J connectivity index is 2.55. The fourth-order valence-electron chi connectivity index (χ4n) is 1.82. The standard InChI is InChI=1S/C10H12N2O/c1-2-6-9-7(11)4-3-5-8(9)12-10(6)13/h3-6H,2,11H2,1H3,(H,12,13). The van der Waals surface area contributed by atoms with Crippen molar-refractivity contribution >= 4 is 17.3 Å². The average Bonchev–Trinajstić information content (AvgIpc) is 2.42. The lowest BCUT2D eigenvalue weighted by molar-refractivity contribution is -0.117. The van der Waals surface area contributed by atoms with Crippen molar-refractivity contribution < 1.29 is 4.79 Å². The molecule has 3 N–H and O–H groups in total. The van der Waals surface area contributed by atoms with Crippen LogP contribution in [0, 0.1) is 0 Å². The third-order valence-corrected chi connectivity index (χ3v) is 2.47. The number of benzene rings is 1. The van der Waals surface area contributed by atoms with Gasteiger partial charge < -0.3 is 11.1 Å². The van der Waals surface area contributed by atoms with E-state index in [2.05, 4.69) is 5.32 Å². The molecule has 1 heterocycles. The van der Waals surface area contributed by atoms with Crippen molar-refractivity contribution in [2.45, 2.75) is 19.3 Å². The maximum atomic E-state index is 11.4. The first kappa shape index (κ1) is 8.10. The molecule has 0 saturated heterocycles. The van der Waals surface area contributed by atoms with E-state index in [9.17, 15) is 4.79 Å². The van der Waals surface area contributed by atoms with Crippen LogP contribution in [0.4, 0.5) is 11.4 Å². The Kier molecular flexibility index (Phi) is 1.72. The number of nitrogens with two attached hydrogens (primary N) is 1. The van der Waals surface area contributed by atoms with Crippen LogP contribution in [0.5, 0.6) is 0 Å². The fraction of sp³-hybridized carbons (Fsp3) is 0.300. The van der Waals surface area contributed by atoms with E-state index >= 15 is 0 Å². The third kappa shape index (κ3) is 1.08. The molecular formula is C10H12N2O. The second kappa shape index (κ2) is 2.76. The van der Waals surface area contributed by atoms with E-state index in [-0.39, 0.29) is 11.8 Å². The summed E-state index contributed by atoms with van der Waals surface area (Å²) in [6, 6.07) is 5.58. The summed E-state index contributed by atoms with van der Waals surface area (Å²) in [6.07, 6.45) is 0.799. The van der Waals surface area contributed by atoms with Crippen molar-refractivity contribution in [1.82, 2.24) is 0 Å². The number of nitrogens with one attached hydrogen (secondary N) is 1. The molecule has 0 fully saturated rings. The van der Waals surface area contributed by atoms with Crippen LogP contribution < -0.4 is 11.1 Å². The topological polar surface area (TPSA) is 55.1 Å². The van der Waals surface area contributed by atoms with Gasteiger partial charge in [-0.3, -0.25) is 4.79 Å². The number of fused-ring (bicyclic) bond motifs is 1. The van der Waals surface area contributed by atoms with Gasteiger partial charge in [0, 0.05) is 16.9 Å². The molecule has 0 radical (unpaired) electrons. The summed E-state index contributed by atoms with van der Waals surface area (Å²) in [7, 11) is 0. The molecule has 1 unspecified atom stereocenters. The Bertz CT molecular complexity index is 360. The Morgan fingerprint density at radius 3 is 3.00 bits per heavy atom. The van der Waals surface area contributed by atoms with E-state index < -0.39 is 0 Å². The van der Waals surface area contributed by atoms with Gasteiger partial charge in [-0.15, -0.1) is 0 Å². The van der Waals surface area contributed by atoms with Gasteiger partial charge in [-0.05, 0) is 18.6 Å². The van der Waals surface area contributed by atoms with Gasteiger partial charge in [-0.2, -0.15) is 0 Å². The number of rotatable bonds is 1. The number of amides is 1. The van der Waals surface area contributed by atoms with Gasteiger partial charge in [0.25, 0.3) is 0 Å². The lowest BCUT2D eigenvalue weighted by Crippen LogP contribution is -2.11. The first-order chi connectivity index (χ1) is 6.24. The van der Waals surface area contributed by atoms with Crippen LogP contribution in [0.3, 0.4) is 0 Å². The Labute approximate surface area is 76.9 Å². The molecule has 3 heteroatoms. The van der Waals surface area contributed by atoms with Crippen molar-refractivity contribution in [3.8, 4) is 0 Å². The largest absolute Gasteiger partial charge is 0.398 e. The number of anilines is 2. The van der Waals surface area contributed by atoms with Gasteiger partial charge in [-0.25, -0.2) is 0 Å². The zero-order chi connectivity index (χ0) is 9.42. The van der Waals surface area contributed by atoms with Crippen LogP contribution in [0.2, 0.25) is 0 Å². The van der Waals surface area contributed by atoms with Gasteiger partial charge in [0.15, 0.2) is 0 Å². The minimum absolute atomic E-state index is 0.0591. The molecule has 2 rings (SSSR count). The fourth-order valence-corrected chi connectivity index (χ4v) is 1.82. The SMILES string of the molecule is CCC1C(=O)Nc2cccc(N)c21. The smallest absolute Gasteiger partial charge is 0.232 e. The summed E-state index contributed by atoms with van der Waals surface area (Å²) in [5, 5.41) is 2.82. The number of carbonyl (C=O) groups is 1. The van der Waals surface area contributed by atoms with Crippen LogP contribution in [0.25, 0.3) is 0 Å². The maximum Gasteiger partial charge on any atom is 0.232 e. The predicted octanol–water partition coefficient (Wildman–Crippen LogP) is 1.71. The molecule has 0 saturated carbocycles. The highest BCUT2D eigenvalue weighted by atomic mass is 16.2. The van der Waals surface area contributed by atoms with E-state index in [0.29, 0.717) is 5.69 Å². The molecule has 0 aliphatic carbocycles. The van der Waals surface area contributed by atoms with Gasteiger partial charge in [0.05, 0.1) is 5.92 Å². The second-order valence-electron chi connectivity index (χ2n) is 3.26. The normalized spacial score (nSPS) is 19.8. The van der Waals surface area contributed by atoms with Gasteiger partial charge in [0.2, 0.25) is 5.91 Å². The van der Waals surface area contributed by atoms with Crippen molar-refractivity contribution in [2.75, 3.05) is 11.1 Å². The molecule has 3 nitrogen and oxygen atoms in total. The molecule has 0 spiro atoms. The highest BCUT2D eigenvalue weighted by Crippen LogP contribution is 2.38. The zero-order valence-electron chi connectivity index (χ0n) is 7.50. The summed E-state index contributed by atoms with van der Waals surface area (Å²) in [6.45, 7) is 1.99. The van der Waals surface area contributed by atoms with Crippen molar-refractivity contribution in [3.05, 3.63) is 23.8 Å². The van der Waals surface area contributed by atoms with Crippen molar-refractivity contribution in [1.29, 1.82) is 0 Å². The summed E-state index contributed by atoms with van der Waals surface area (Å²) in [5.41, 5.74) is 8.36. The van der Waals surface area contributed by atoms with E-state index in [1.165, 1.54) is 0 Å². The van der Waals surface area contributed by atoms with Crippen molar-refractivity contribution in [2.24, 2.45) is 0 Å². The molecule has 13 heavy (non-hydrogen) atoms. The Morgan fingerprint density at radius 1 is 1.54 bits per heavy atom. The van der Waals surface area contributed by atoms with Gasteiger partial charge in [0.1, 0.15) is 0 Å². The molecule has 0 bridgehead atoms. The molecule has 1 aromatic rings. The molecule has 1 aliphatic rings. The summed E-state index contributed by atoms with van der Waals surface area (Å²) in [5.74, 6) is 0.00611. The van der Waals surface area contributed by atoms with Crippen LogP contribution >= 0.6 is 0 Å². The lowest BCUT2D eigenvalue weighted by atomic mass is 9.97. The van der Waals surface area contributed by atoms with E-state index in [1.54, 1.807) is 0 Å². The van der Waals surface area contributed by atoms with Crippen LogP contribution in [0.1, 0.15) is 24.8 Å². The molecule has 68 valence electrons. The van der Waals surface area contributed by atoms with E-state index in [4.69, 9.17) is 5.73 Å². The molecule has 1 atom stereocenters. The zero-order valence-corrected chi connectivity index (χ0v) is 7.50. The molecule has 1 amide bonds. The Morgan fingerprint density at radius 2 is 2.31 bits per heavy atom. The van der Waals surface area contributed by atoms with Crippen LogP contribution in [-0.4, -0.2) is 5.91 Å². The van der Waals surface area contributed by atoms with E-state index in [0.717, 1.165) is 17.7 Å². The Hall–Kier alpha value is -1.51. The number of hydrogen-bond acceptors (Lipinski definition) is 2. The minimum Gasteiger partial charge on any atom is -0.398 e. The monoisotopic (exact) mass is 176 g/mol. The van der Waals surface area contributed by atoms with E-state index in [1.807, 2.05) is 25.1 Å². The first-order valence-corrected chi connectivity index (χ1v) is 4.43. The second-order valence-corrected chi connectivity index (χ2v) is 3.26. The minimum atomic E-state index is -0.0591.